The Morgan fingerprint density at radius 3 is 2.60 bits per heavy atom. The number of hydrogen-bond acceptors (Lipinski definition) is 4. The first kappa shape index (κ1) is 19.8. The minimum absolute atomic E-state index is 0.139. The summed E-state index contributed by atoms with van der Waals surface area (Å²) in [5.41, 5.74) is 4.02. The van der Waals surface area contributed by atoms with Crippen LogP contribution in [0.25, 0.3) is 22.6 Å². The lowest BCUT2D eigenvalue weighted by molar-refractivity contribution is 0.0939. The number of nitrogens with one attached hydrogen (secondary N) is 1. The van der Waals surface area contributed by atoms with Crippen LogP contribution in [0.1, 0.15) is 42.9 Å². The number of benzene rings is 1. The molecule has 1 amide bonds. The van der Waals surface area contributed by atoms with Gasteiger partial charge in [0.25, 0.3) is 5.91 Å². The molecule has 0 spiro atoms. The second-order valence-electron chi connectivity index (χ2n) is 7.82. The van der Waals surface area contributed by atoms with Crippen molar-refractivity contribution in [3.05, 3.63) is 78.2 Å². The fraction of sp³-hybridized carbons (Fsp3) is 0.250. The Labute approximate surface area is 176 Å². The Balaban J connectivity index is 1.66. The van der Waals surface area contributed by atoms with Crippen LogP contribution < -0.4 is 5.32 Å². The van der Waals surface area contributed by atoms with Crippen LogP contribution in [0.4, 0.5) is 0 Å². The van der Waals surface area contributed by atoms with Crippen LogP contribution >= 0.6 is 0 Å². The normalized spacial score (nSPS) is 12.3. The highest BCUT2D eigenvalue weighted by molar-refractivity contribution is 5.95. The smallest absolute Gasteiger partial charge is 0.251 e. The lowest BCUT2D eigenvalue weighted by atomic mass is 10.1. The number of carbonyl (C=O) groups is 1. The fourth-order valence-electron chi connectivity index (χ4n) is 3.50. The summed E-state index contributed by atoms with van der Waals surface area (Å²) in [6.07, 6.45) is 3.51. The largest absolute Gasteiger partial charge is 0.344 e. The lowest BCUT2D eigenvalue weighted by Crippen LogP contribution is -2.27. The summed E-state index contributed by atoms with van der Waals surface area (Å²) in [4.78, 5) is 26.5. The van der Waals surface area contributed by atoms with Gasteiger partial charge in [0.15, 0.2) is 5.65 Å². The molecule has 1 unspecified atom stereocenters. The maximum absolute atomic E-state index is 12.9. The molecule has 4 aromatic rings. The van der Waals surface area contributed by atoms with Crippen molar-refractivity contribution >= 4 is 17.1 Å². The fourth-order valence-corrected chi connectivity index (χ4v) is 3.50. The van der Waals surface area contributed by atoms with Crippen molar-refractivity contribution in [3.63, 3.8) is 0 Å². The molecule has 30 heavy (non-hydrogen) atoms. The van der Waals surface area contributed by atoms with E-state index in [0.717, 1.165) is 34.8 Å². The van der Waals surface area contributed by atoms with Gasteiger partial charge in [-0.1, -0.05) is 32.0 Å². The zero-order valence-electron chi connectivity index (χ0n) is 17.4. The average molecular weight is 399 g/mol. The van der Waals surface area contributed by atoms with Gasteiger partial charge in [0.2, 0.25) is 0 Å². The summed E-state index contributed by atoms with van der Waals surface area (Å²) >= 11 is 0. The summed E-state index contributed by atoms with van der Waals surface area (Å²) in [5, 5.41) is 3.02. The second-order valence-corrected chi connectivity index (χ2v) is 7.82. The molecule has 6 nitrogen and oxygen atoms in total. The third-order valence-electron chi connectivity index (χ3n) is 4.91. The van der Waals surface area contributed by atoms with Crippen LogP contribution in [0.5, 0.6) is 0 Å². The molecular formula is C24H25N5O. The molecular weight excluding hydrogens is 374 g/mol. The number of imidazole rings is 1. The van der Waals surface area contributed by atoms with E-state index in [0.29, 0.717) is 11.5 Å². The Morgan fingerprint density at radius 1 is 1.00 bits per heavy atom. The van der Waals surface area contributed by atoms with E-state index in [4.69, 9.17) is 4.98 Å². The number of carbonyl (C=O) groups excluding carboxylic acids is 1. The monoisotopic (exact) mass is 399 g/mol. The van der Waals surface area contributed by atoms with Crippen molar-refractivity contribution in [3.8, 4) is 11.4 Å². The van der Waals surface area contributed by atoms with Gasteiger partial charge in [-0.05, 0) is 49.2 Å². The SMILES string of the molecule is CC(C)Cn1c(-c2cccc(C(=O)NC(C)c3ccccn3)c2)nc2cccnc21. The Hall–Kier alpha value is -3.54. The van der Waals surface area contributed by atoms with Gasteiger partial charge in [-0.25, -0.2) is 9.97 Å². The van der Waals surface area contributed by atoms with E-state index in [2.05, 4.69) is 33.7 Å². The third kappa shape index (κ3) is 4.08. The molecule has 0 saturated heterocycles. The maximum Gasteiger partial charge on any atom is 0.251 e. The van der Waals surface area contributed by atoms with Crippen molar-refractivity contribution in [2.24, 2.45) is 5.92 Å². The molecule has 0 bridgehead atoms. The van der Waals surface area contributed by atoms with Crippen molar-refractivity contribution < 1.29 is 4.79 Å². The second kappa shape index (κ2) is 8.45. The van der Waals surface area contributed by atoms with Crippen molar-refractivity contribution in [2.45, 2.75) is 33.4 Å². The molecule has 1 N–H and O–H groups in total. The Morgan fingerprint density at radius 2 is 1.83 bits per heavy atom. The molecule has 0 aliphatic heterocycles. The Kier molecular flexibility index (Phi) is 5.57. The predicted octanol–water partition coefficient (Wildman–Crippen LogP) is 4.64. The van der Waals surface area contributed by atoms with Crippen LogP contribution in [0.15, 0.2) is 67.0 Å². The number of aromatic nitrogens is 4. The maximum atomic E-state index is 12.9. The molecule has 3 aromatic heterocycles. The Bertz CT molecular complexity index is 1170. The molecule has 0 aliphatic rings. The lowest BCUT2D eigenvalue weighted by Gasteiger charge is -2.14. The van der Waals surface area contributed by atoms with Crippen LogP contribution in [0.3, 0.4) is 0 Å². The van der Waals surface area contributed by atoms with Crippen molar-refractivity contribution in [1.82, 2.24) is 24.8 Å². The molecule has 4 rings (SSSR count). The number of nitrogens with zero attached hydrogens (tertiary/aromatic N) is 4. The average Bonchev–Trinajstić information content (AvgIpc) is 3.12. The number of amides is 1. The number of pyridine rings is 2. The van der Waals surface area contributed by atoms with Crippen molar-refractivity contribution in [1.29, 1.82) is 0 Å². The summed E-state index contributed by atoms with van der Waals surface area (Å²) in [7, 11) is 0. The topological polar surface area (TPSA) is 72.7 Å². The molecule has 0 saturated carbocycles. The van der Waals surface area contributed by atoms with Crippen LogP contribution in [-0.4, -0.2) is 25.4 Å². The summed E-state index contributed by atoms with van der Waals surface area (Å²) in [6.45, 7) is 7.07. The summed E-state index contributed by atoms with van der Waals surface area (Å²) < 4.78 is 2.13. The van der Waals surface area contributed by atoms with E-state index < -0.39 is 0 Å². The van der Waals surface area contributed by atoms with Gasteiger partial charge < -0.3 is 9.88 Å². The van der Waals surface area contributed by atoms with Gasteiger partial charge in [0.05, 0.1) is 11.7 Å². The van der Waals surface area contributed by atoms with Gasteiger partial charge in [-0.15, -0.1) is 0 Å². The van der Waals surface area contributed by atoms with Crippen molar-refractivity contribution in [2.75, 3.05) is 0 Å². The van der Waals surface area contributed by atoms with Crippen LogP contribution in [0, 0.1) is 5.92 Å². The van der Waals surface area contributed by atoms with E-state index in [1.54, 1.807) is 12.4 Å². The van der Waals surface area contributed by atoms with Gasteiger partial charge in [-0.2, -0.15) is 0 Å². The summed E-state index contributed by atoms with van der Waals surface area (Å²) in [5.74, 6) is 1.12. The standard InChI is InChI=1S/C24H25N5O/c1-16(2)15-29-22(28-21-11-7-13-26-23(21)29)18-8-6-9-19(14-18)24(30)27-17(3)20-10-4-5-12-25-20/h4-14,16-17H,15H2,1-3H3,(H,27,30). The highest BCUT2D eigenvalue weighted by Crippen LogP contribution is 2.25. The number of fused-ring (bicyclic) bond motifs is 1. The zero-order chi connectivity index (χ0) is 21.1. The van der Waals surface area contributed by atoms with E-state index >= 15 is 0 Å². The molecule has 1 atom stereocenters. The molecule has 6 heteroatoms. The zero-order valence-corrected chi connectivity index (χ0v) is 17.4. The molecule has 0 aliphatic carbocycles. The van der Waals surface area contributed by atoms with E-state index in [1.165, 1.54) is 0 Å². The third-order valence-corrected chi connectivity index (χ3v) is 4.91. The predicted molar refractivity (Wildman–Crippen MR) is 118 cm³/mol. The quantitative estimate of drug-likeness (QED) is 0.513. The molecule has 3 heterocycles. The summed E-state index contributed by atoms with van der Waals surface area (Å²) in [6, 6.07) is 16.9. The van der Waals surface area contributed by atoms with Gasteiger partial charge in [0.1, 0.15) is 11.3 Å². The molecule has 0 fully saturated rings. The van der Waals surface area contributed by atoms with E-state index in [1.807, 2.05) is 61.5 Å². The highest BCUT2D eigenvalue weighted by Gasteiger charge is 2.17. The first-order chi connectivity index (χ1) is 14.5. The number of rotatable bonds is 6. The minimum Gasteiger partial charge on any atom is -0.344 e. The first-order valence-electron chi connectivity index (χ1n) is 10.2. The molecule has 1 aromatic carbocycles. The van der Waals surface area contributed by atoms with Gasteiger partial charge in [-0.3, -0.25) is 9.78 Å². The number of hydrogen-bond donors (Lipinski definition) is 1. The minimum atomic E-state index is -0.183. The highest BCUT2D eigenvalue weighted by atomic mass is 16.1. The first-order valence-corrected chi connectivity index (χ1v) is 10.2. The van der Waals surface area contributed by atoms with Crippen LogP contribution in [-0.2, 0) is 6.54 Å². The van der Waals surface area contributed by atoms with E-state index in [9.17, 15) is 4.79 Å². The van der Waals surface area contributed by atoms with Gasteiger partial charge in [0, 0.05) is 30.1 Å². The van der Waals surface area contributed by atoms with Gasteiger partial charge >= 0.3 is 0 Å². The molecule has 152 valence electrons. The van der Waals surface area contributed by atoms with E-state index in [-0.39, 0.29) is 11.9 Å². The van der Waals surface area contributed by atoms with Crippen LogP contribution in [0.2, 0.25) is 0 Å². The molecule has 0 radical (unpaired) electrons.